The summed E-state index contributed by atoms with van der Waals surface area (Å²) in [4.78, 5) is 13.0. The molecule has 3 rings (SSSR count). The molecule has 3 heterocycles. The van der Waals surface area contributed by atoms with E-state index in [2.05, 4.69) is 18.0 Å². The van der Waals surface area contributed by atoms with Gasteiger partial charge < -0.3 is 20.2 Å². The van der Waals surface area contributed by atoms with Gasteiger partial charge in [0.1, 0.15) is 28.3 Å². The van der Waals surface area contributed by atoms with Crippen LogP contribution in [0.15, 0.2) is 46.7 Å². The summed E-state index contributed by atoms with van der Waals surface area (Å²) in [6.45, 7) is 5.44. The number of nitrogens with two attached hydrogens (primary N) is 1. The van der Waals surface area contributed by atoms with Gasteiger partial charge in [0, 0.05) is 11.3 Å². The Kier molecular flexibility index (Phi) is 4.15. The van der Waals surface area contributed by atoms with Gasteiger partial charge in [-0.05, 0) is 19.1 Å². The number of anilines is 2. The molecule has 24 heavy (non-hydrogen) atoms. The second-order valence-corrected chi connectivity index (χ2v) is 6.22. The molecule has 122 valence electrons. The number of nitriles is 1. The van der Waals surface area contributed by atoms with Crippen LogP contribution in [-0.2, 0) is 9.53 Å². The lowest BCUT2D eigenvalue weighted by molar-refractivity contribution is -0.138. The zero-order valence-corrected chi connectivity index (χ0v) is 13.8. The van der Waals surface area contributed by atoms with Crippen LogP contribution < -0.4 is 11.1 Å². The maximum absolute atomic E-state index is 12.6. The van der Waals surface area contributed by atoms with Gasteiger partial charge in [0.2, 0.25) is 0 Å². The van der Waals surface area contributed by atoms with Crippen LogP contribution in [0.5, 0.6) is 0 Å². The van der Waals surface area contributed by atoms with E-state index < -0.39 is 11.9 Å². The van der Waals surface area contributed by atoms with E-state index >= 15 is 0 Å². The molecule has 0 aromatic carbocycles. The standard InChI is InChI=1S/C17H15N3O3S/c1-3-6-23-17(21)12-9(2)20-16-14(15(19)11(8-18)24-16)13(12)10-5-4-7-22-10/h3-5,7,13,20H,1,6,19H2,2H3/t13-/m1/s1. The second kappa shape index (κ2) is 6.26. The lowest BCUT2D eigenvalue weighted by Gasteiger charge is -2.26. The van der Waals surface area contributed by atoms with E-state index in [0.717, 1.165) is 5.00 Å². The van der Waals surface area contributed by atoms with E-state index in [1.54, 1.807) is 19.1 Å². The average molecular weight is 341 g/mol. The average Bonchev–Trinajstić information content (AvgIpc) is 3.19. The number of nitrogens with zero attached hydrogens (tertiary/aromatic N) is 1. The Morgan fingerprint density at radius 1 is 1.67 bits per heavy atom. The number of rotatable bonds is 4. The molecule has 0 aliphatic carbocycles. The third kappa shape index (κ3) is 2.47. The summed E-state index contributed by atoms with van der Waals surface area (Å²) in [5.41, 5.74) is 8.23. The Bertz CT molecular complexity index is 872. The van der Waals surface area contributed by atoms with Crippen LogP contribution in [-0.4, -0.2) is 12.6 Å². The zero-order chi connectivity index (χ0) is 17.3. The van der Waals surface area contributed by atoms with Crippen molar-refractivity contribution in [2.45, 2.75) is 12.8 Å². The number of ether oxygens (including phenoxy) is 1. The van der Waals surface area contributed by atoms with E-state index in [1.807, 2.05) is 0 Å². The first-order valence-electron chi connectivity index (χ1n) is 7.20. The molecule has 0 spiro atoms. The van der Waals surface area contributed by atoms with Crippen molar-refractivity contribution in [2.75, 3.05) is 17.7 Å². The minimum atomic E-state index is -0.521. The quantitative estimate of drug-likeness (QED) is 0.653. The normalized spacial score (nSPS) is 16.1. The minimum absolute atomic E-state index is 0.107. The Hall–Kier alpha value is -2.98. The van der Waals surface area contributed by atoms with Gasteiger partial charge in [-0.25, -0.2) is 4.79 Å². The van der Waals surface area contributed by atoms with Gasteiger partial charge in [0.05, 0.1) is 23.4 Å². The van der Waals surface area contributed by atoms with E-state index in [-0.39, 0.29) is 6.61 Å². The van der Waals surface area contributed by atoms with Crippen molar-refractivity contribution in [3.05, 3.63) is 58.5 Å². The molecule has 0 fully saturated rings. The number of esters is 1. The number of hydrogen-bond donors (Lipinski definition) is 2. The number of furan rings is 1. The number of thiophene rings is 1. The zero-order valence-electron chi connectivity index (χ0n) is 13.0. The van der Waals surface area contributed by atoms with Gasteiger partial charge in [-0.15, -0.1) is 11.3 Å². The fourth-order valence-corrected chi connectivity index (χ4v) is 3.75. The van der Waals surface area contributed by atoms with Crippen molar-refractivity contribution >= 4 is 28.0 Å². The molecule has 1 aliphatic heterocycles. The summed E-state index contributed by atoms with van der Waals surface area (Å²) >= 11 is 1.26. The highest BCUT2D eigenvalue weighted by atomic mass is 32.1. The van der Waals surface area contributed by atoms with Crippen molar-refractivity contribution in [2.24, 2.45) is 0 Å². The van der Waals surface area contributed by atoms with Crippen molar-refractivity contribution in [1.82, 2.24) is 0 Å². The first kappa shape index (κ1) is 15.9. The predicted octanol–water partition coefficient (Wildman–Crippen LogP) is 3.36. The van der Waals surface area contributed by atoms with Crippen LogP contribution in [0, 0.1) is 11.3 Å². The maximum atomic E-state index is 12.6. The summed E-state index contributed by atoms with van der Waals surface area (Å²) in [5.74, 6) is -0.431. The summed E-state index contributed by atoms with van der Waals surface area (Å²) in [5, 5.41) is 13.1. The molecule has 0 unspecified atom stereocenters. The molecule has 2 aromatic heterocycles. The number of allylic oxidation sites excluding steroid dienone is 1. The Morgan fingerprint density at radius 3 is 3.08 bits per heavy atom. The van der Waals surface area contributed by atoms with Crippen LogP contribution in [0.3, 0.4) is 0 Å². The van der Waals surface area contributed by atoms with E-state index in [1.165, 1.54) is 23.7 Å². The van der Waals surface area contributed by atoms with E-state index in [4.69, 9.17) is 14.9 Å². The third-order valence-corrected chi connectivity index (χ3v) is 4.79. The van der Waals surface area contributed by atoms with Crippen LogP contribution in [0.25, 0.3) is 0 Å². The molecule has 0 amide bonds. The number of nitrogens with one attached hydrogen (secondary N) is 1. The van der Waals surface area contributed by atoms with Crippen molar-refractivity contribution in [1.29, 1.82) is 5.26 Å². The fourth-order valence-electron chi connectivity index (χ4n) is 2.74. The first-order chi connectivity index (χ1) is 11.6. The van der Waals surface area contributed by atoms with Gasteiger partial charge in [0.15, 0.2) is 0 Å². The molecule has 6 nitrogen and oxygen atoms in total. The first-order valence-corrected chi connectivity index (χ1v) is 8.01. The molecule has 0 bridgehead atoms. The smallest absolute Gasteiger partial charge is 0.337 e. The third-order valence-electron chi connectivity index (χ3n) is 3.75. The molecule has 0 saturated heterocycles. The van der Waals surface area contributed by atoms with Gasteiger partial charge in [0.25, 0.3) is 0 Å². The molecule has 1 aliphatic rings. The lowest BCUT2D eigenvalue weighted by atomic mass is 9.85. The summed E-state index contributed by atoms with van der Waals surface area (Å²) in [6, 6.07) is 5.60. The van der Waals surface area contributed by atoms with Gasteiger partial charge >= 0.3 is 5.97 Å². The highest BCUT2D eigenvalue weighted by Crippen LogP contribution is 2.49. The maximum Gasteiger partial charge on any atom is 0.337 e. The van der Waals surface area contributed by atoms with Crippen LogP contribution in [0.2, 0.25) is 0 Å². The fraction of sp³-hybridized carbons (Fsp3) is 0.176. The molecular weight excluding hydrogens is 326 g/mol. The predicted molar refractivity (Wildman–Crippen MR) is 91.5 cm³/mol. The molecular formula is C17H15N3O3S. The van der Waals surface area contributed by atoms with Gasteiger partial charge in [-0.2, -0.15) is 5.26 Å². The van der Waals surface area contributed by atoms with E-state index in [0.29, 0.717) is 33.2 Å². The highest BCUT2D eigenvalue weighted by molar-refractivity contribution is 7.17. The van der Waals surface area contributed by atoms with Crippen molar-refractivity contribution in [3.63, 3.8) is 0 Å². The van der Waals surface area contributed by atoms with Crippen LogP contribution in [0.1, 0.15) is 29.0 Å². The summed E-state index contributed by atoms with van der Waals surface area (Å²) in [7, 11) is 0. The van der Waals surface area contributed by atoms with Crippen LogP contribution in [0.4, 0.5) is 10.7 Å². The second-order valence-electron chi connectivity index (χ2n) is 5.20. The lowest BCUT2D eigenvalue weighted by Crippen LogP contribution is -2.24. The number of fused-ring (bicyclic) bond motifs is 1. The monoisotopic (exact) mass is 341 g/mol. The summed E-state index contributed by atoms with van der Waals surface area (Å²) < 4.78 is 10.8. The Morgan fingerprint density at radius 2 is 2.46 bits per heavy atom. The van der Waals surface area contributed by atoms with Crippen molar-refractivity contribution in [3.8, 4) is 6.07 Å². The molecule has 1 atom stereocenters. The number of carbonyl (C=O) groups excluding carboxylic acids is 1. The number of nitrogen functional groups attached to an aromatic ring is 1. The Balaban J connectivity index is 2.17. The molecule has 2 aromatic rings. The minimum Gasteiger partial charge on any atom is -0.468 e. The SMILES string of the molecule is C=CCOC(=O)C1=C(C)Nc2sc(C#N)c(N)c2[C@@H]1c1ccco1. The molecule has 7 heteroatoms. The molecule has 0 radical (unpaired) electrons. The highest BCUT2D eigenvalue weighted by Gasteiger charge is 2.38. The summed E-state index contributed by atoms with van der Waals surface area (Å²) in [6.07, 6.45) is 3.04. The van der Waals surface area contributed by atoms with Crippen LogP contribution >= 0.6 is 11.3 Å². The largest absolute Gasteiger partial charge is 0.468 e. The molecule has 3 N–H and O–H groups in total. The number of carbonyl (C=O) groups is 1. The van der Waals surface area contributed by atoms with Crippen molar-refractivity contribution < 1.29 is 13.9 Å². The molecule has 0 saturated carbocycles. The Labute approximate surface area is 142 Å². The number of hydrogen-bond acceptors (Lipinski definition) is 7. The topological polar surface area (TPSA) is 101 Å². The van der Waals surface area contributed by atoms with E-state index in [9.17, 15) is 10.1 Å². The van der Waals surface area contributed by atoms with Gasteiger partial charge in [-0.3, -0.25) is 0 Å². The van der Waals surface area contributed by atoms with Gasteiger partial charge in [-0.1, -0.05) is 12.7 Å².